The molecule has 0 aliphatic heterocycles. The van der Waals surface area contributed by atoms with E-state index in [1.807, 2.05) is 31.2 Å². The summed E-state index contributed by atoms with van der Waals surface area (Å²) in [7, 11) is 0. The van der Waals surface area contributed by atoms with Gasteiger partial charge in [-0.3, -0.25) is 4.79 Å². The number of nitrogens with zero attached hydrogens (tertiary/aromatic N) is 1. The number of hydrogen-bond acceptors (Lipinski definition) is 4. The van der Waals surface area contributed by atoms with Crippen LogP contribution in [0.25, 0.3) is 0 Å². The molecular weight excluding hydrogens is 280 g/mol. The molecule has 0 radical (unpaired) electrons. The summed E-state index contributed by atoms with van der Waals surface area (Å²) < 4.78 is 4.88. The number of ether oxygens (including phenoxy) is 1. The van der Waals surface area contributed by atoms with Gasteiger partial charge in [-0.25, -0.2) is 9.78 Å². The van der Waals surface area contributed by atoms with Crippen molar-refractivity contribution in [3.63, 3.8) is 0 Å². The molecule has 5 nitrogen and oxygen atoms in total. The van der Waals surface area contributed by atoms with E-state index in [9.17, 15) is 9.59 Å². The highest BCUT2D eigenvalue weighted by Crippen LogP contribution is 2.16. The molecule has 2 rings (SSSR count). The molecule has 0 atom stereocenters. The van der Waals surface area contributed by atoms with Crippen LogP contribution in [0.3, 0.4) is 0 Å². The van der Waals surface area contributed by atoms with Gasteiger partial charge in [0.15, 0.2) is 0 Å². The molecule has 0 aliphatic rings. The first-order chi connectivity index (χ1) is 10.7. The van der Waals surface area contributed by atoms with Crippen molar-refractivity contribution in [2.75, 3.05) is 11.9 Å². The average molecular weight is 298 g/mol. The zero-order valence-corrected chi connectivity index (χ0v) is 12.6. The summed E-state index contributed by atoms with van der Waals surface area (Å²) in [5.41, 5.74) is 2.09. The van der Waals surface area contributed by atoms with Gasteiger partial charge in [-0.15, -0.1) is 0 Å². The molecule has 1 heterocycles. The summed E-state index contributed by atoms with van der Waals surface area (Å²) >= 11 is 0. The van der Waals surface area contributed by atoms with Gasteiger partial charge in [-0.2, -0.15) is 0 Å². The van der Waals surface area contributed by atoms with E-state index in [0.717, 1.165) is 17.7 Å². The first-order valence-electron chi connectivity index (χ1n) is 7.19. The van der Waals surface area contributed by atoms with E-state index in [4.69, 9.17) is 4.74 Å². The molecule has 22 heavy (non-hydrogen) atoms. The third-order valence-electron chi connectivity index (χ3n) is 3.11. The number of pyridine rings is 1. The van der Waals surface area contributed by atoms with Crippen LogP contribution in [-0.4, -0.2) is 23.5 Å². The Morgan fingerprint density at radius 3 is 2.50 bits per heavy atom. The quantitative estimate of drug-likeness (QED) is 0.861. The van der Waals surface area contributed by atoms with Crippen LogP contribution in [0.15, 0.2) is 42.5 Å². The predicted octanol–water partition coefficient (Wildman–Crippen LogP) is 3.07. The highest BCUT2D eigenvalue weighted by atomic mass is 16.5. The van der Waals surface area contributed by atoms with Crippen molar-refractivity contribution < 1.29 is 14.3 Å². The summed E-state index contributed by atoms with van der Waals surface area (Å²) in [5, 5.41) is 2.82. The van der Waals surface area contributed by atoms with Crippen molar-refractivity contribution in [2.24, 2.45) is 0 Å². The van der Waals surface area contributed by atoms with E-state index >= 15 is 0 Å². The number of anilines is 1. The van der Waals surface area contributed by atoms with Crippen molar-refractivity contribution in [1.82, 2.24) is 4.98 Å². The van der Waals surface area contributed by atoms with Crippen LogP contribution in [0, 0.1) is 0 Å². The maximum absolute atomic E-state index is 12.3. The Labute approximate surface area is 129 Å². The lowest BCUT2D eigenvalue weighted by atomic mass is 10.1. The van der Waals surface area contributed by atoms with E-state index in [-0.39, 0.29) is 23.9 Å². The highest BCUT2D eigenvalue weighted by Gasteiger charge is 2.14. The molecule has 1 amide bonds. The Balaban J connectivity index is 2.19. The second kappa shape index (κ2) is 7.36. The van der Waals surface area contributed by atoms with Gasteiger partial charge in [-0.1, -0.05) is 31.2 Å². The fraction of sp³-hybridized carbons (Fsp3) is 0.235. The summed E-state index contributed by atoms with van der Waals surface area (Å²) in [6.45, 7) is 4.00. The molecule has 0 spiro atoms. The molecule has 0 fully saturated rings. The van der Waals surface area contributed by atoms with Crippen LogP contribution in [-0.2, 0) is 11.2 Å². The van der Waals surface area contributed by atoms with E-state index < -0.39 is 5.97 Å². The SMILES string of the molecule is CCOC(=O)c1cccc(C(=O)Nc2ccccc2CC)n1. The Bertz CT molecular complexity index is 683. The number of carbonyl (C=O) groups excluding carboxylic acids is 2. The highest BCUT2D eigenvalue weighted by molar-refractivity contribution is 6.03. The van der Waals surface area contributed by atoms with E-state index in [0.29, 0.717) is 0 Å². The molecule has 5 heteroatoms. The Morgan fingerprint density at radius 1 is 1.05 bits per heavy atom. The number of esters is 1. The second-order valence-electron chi connectivity index (χ2n) is 4.59. The topological polar surface area (TPSA) is 68.3 Å². The number of para-hydroxylation sites is 1. The van der Waals surface area contributed by atoms with Crippen LogP contribution in [0.2, 0.25) is 0 Å². The van der Waals surface area contributed by atoms with Gasteiger partial charge < -0.3 is 10.1 Å². The van der Waals surface area contributed by atoms with Gasteiger partial charge in [0, 0.05) is 5.69 Å². The third kappa shape index (κ3) is 3.69. The number of aryl methyl sites for hydroxylation is 1. The average Bonchev–Trinajstić information content (AvgIpc) is 2.55. The van der Waals surface area contributed by atoms with Crippen molar-refractivity contribution >= 4 is 17.6 Å². The monoisotopic (exact) mass is 298 g/mol. The van der Waals surface area contributed by atoms with Crippen LogP contribution >= 0.6 is 0 Å². The lowest BCUT2D eigenvalue weighted by Gasteiger charge is -2.09. The predicted molar refractivity (Wildman–Crippen MR) is 84.0 cm³/mol. The number of benzene rings is 1. The number of nitrogens with one attached hydrogen (secondary N) is 1. The molecular formula is C17H18N2O3. The third-order valence-corrected chi connectivity index (χ3v) is 3.11. The Hall–Kier alpha value is -2.69. The van der Waals surface area contributed by atoms with Crippen LogP contribution in [0.4, 0.5) is 5.69 Å². The van der Waals surface area contributed by atoms with Gasteiger partial charge in [-0.05, 0) is 37.1 Å². The van der Waals surface area contributed by atoms with Crippen molar-refractivity contribution in [1.29, 1.82) is 0 Å². The first-order valence-corrected chi connectivity index (χ1v) is 7.19. The summed E-state index contributed by atoms with van der Waals surface area (Å²) in [5.74, 6) is -0.891. The zero-order chi connectivity index (χ0) is 15.9. The Morgan fingerprint density at radius 2 is 1.77 bits per heavy atom. The zero-order valence-electron chi connectivity index (χ0n) is 12.6. The van der Waals surface area contributed by atoms with Crippen LogP contribution < -0.4 is 5.32 Å². The normalized spacial score (nSPS) is 10.1. The molecule has 0 saturated heterocycles. The summed E-state index contributed by atoms with van der Waals surface area (Å²) in [4.78, 5) is 28.0. The summed E-state index contributed by atoms with van der Waals surface area (Å²) in [6.07, 6.45) is 0.812. The van der Waals surface area contributed by atoms with E-state index in [1.54, 1.807) is 19.1 Å². The molecule has 114 valence electrons. The number of amides is 1. The molecule has 0 bridgehead atoms. The van der Waals surface area contributed by atoms with Gasteiger partial charge in [0.1, 0.15) is 11.4 Å². The molecule has 1 aromatic carbocycles. The molecule has 0 saturated carbocycles. The number of carbonyl (C=O) groups is 2. The van der Waals surface area contributed by atoms with Crippen LogP contribution in [0.5, 0.6) is 0 Å². The maximum Gasteiger partial charge on any atom is 0.356 e. The van der Waals surface area contributed by atoms with Gasteiger partial charge >= 0.3 is 5.97 Å². The fourth-order valence-electron chi connectivity index (χ4n) is 2.02. The molecule has 1 N–H and O–H groups in total. The van der Waals surface area contributed by atoms with Gasteiger partial charge in [0.05, 0.1) is 6.61 Å². The van der Waals surface area contributed by atoms with Gasteiger partial charge in [0.2, 0.25) is 0 Å². The smallest absolute Gasteiger partial charge is 0.356 e. The summed E-state index contributed by atoms with van der Waals surface area (Å²) in [6, 6.07) is 12.3. The van der Waals surface area contributed by atoms with Crippen molar-refractivity contribution in [2.45, 2.75) is 20.3 Å². The standard InChI is InChI=1S/C17H18N2O3/c1-3-12-8-5-6-9-13(12)19-16(20)14-10-7-11-15(18-14)17(21)22-4-2/h5-11H,3-4H2,1-2H3,(H,19,20). The molecule has 0 aliphatic carbocycles. The first kappa shape index (κ1) is 15.7. The minimum atomic E-state index is -0.536. The van der Waals surface area contributed by atoms with E-state index in [1.165, 1.54) is 6.07 Å². The maximum atomic E-state index is 12.3. The van der Waals surface area contributed by atoms with Gasteiger partial charge in [0.25, 0.3) is 5.91 Å². The molecule has 1 aromatic heterocycles. The van der Waals surface area contributed by atoms with Crippen molar-refractivity contribution in [3.8, 4) is 0 Å². The minimum Gasteiger partial charge on any atom is -0.461 e. The fourth-order valence-corrected chi connectivity index (χ4v) is 2.02. The molecule has 2 aromatic rings. The van der Waals surface area contributed by atoms with Crippen LogP contribution in [0.1, 0.15) is 40.4 Å². The van der Waals surface area contributed by atoms with Crippen molar-refractivity contribution in [3.05, 3.63) is 59.4 Å². The number of hydrogen-bond donors (Lipinski definition) is 1. The lowest BCUT2D eigenvalue weighted by Crippen LogP contribution is -2.17. The number of aromatic nitrogens is 1. The minimum absolute atomic E-state index is 0.123. The second-order valence-corrected chi connectivity index (χ2v) is 4.59. The Kier molecular flexibility index (Phi) is 5.25. The number of rotatable bonds is 5. The largest absolute Gasteiger partial charge is 0.461 e. The lowest BCUT2D eigenvalue weighted by molar-refractivity contribution is 0.0519. The van der Waals surface area contributed by atoms with E-state index in [2.05, 4.69) is 10.3 Å². The molecule has 0 unspecified atom stereocenters.